The van der Waals surface area contributed by atoms with Crippen LogP contribution < -0.4 is 10.6 Å². The zero-order valence-corrected chi connectivity index (χ0v) is 15.8. The van der Waals surface area contributed by atoms with Gasteiger partial charge >= 0.3 is 0 Å². The molecule has 0 bridgehead atoms. The Morgan fingerprint density at radius 2 is 2.09 bits per heavy atom. The van der Waals surface area contributed by atoms with Crippen molar-refractivity contribution >= 4 is 17.3 Å². The van der Waals surface area contributed by atoms with Crippen LogP contribution in [0, 0.1) is 5.92 Å². The van der Waals surface area contributed by atoms with Gasteiger partial charge in [0.05, 0.1) is 0 Å². The van der Waals surface area contributed by atoms with E-state index < -0.39 is 0 Å². The van der Waals surface area contributed by atoms with E-state index in [-0.39, 0.29) is 0 Å². The number of rotatable bonds is 6. The molecule has 2 N–H and O–H groups in total. The fourth-order valence-corrected chi connectivity index (χ4v) is 3.87. The summed E-state index contributed by atoms with van der Waals surface area (Å²) in [6.07, 6.45) is 2.40. The van der Waals surface area contributed by atoms with Gasteiger partial charge in [0.25, 0.3) is 0 Å². The summed E-state index contributed by atoms with van der Waals surface area (Å²) in [4.78, 5) is 6.97. The van der Waals surface area contributed by atoms with Crippen molar-refractivity contribution in [3.05, 3.63) is 22.4 Å². The number of nitrogens with one attached hydrogen (secondary N) is 2. The third-order valence-electron chi connectivity index (χ3n) is 4.46. The number of guanidine groups is 1. The minimum Gasteiger partial charge on any atom is -0.356 e. The molecular weight excluding hydrogens is 304 g/mol. The molecule has 0 aliphatic carbocycles. The van der Waals surface area contributed by atoms with Gasteiger partial charge in [-0.3, -0.25) is 4.99 Å². The lowest BCUT2D eigenvalue weighted by Gasteiger charge is -2.34. The molecule has 1 saturated heterocycles. The lowest BCUT2D eigenvalue weighted by molar-refractivity contribution is 0.187. The minimum atomic E-state index is 0.507. The van der Waals surface area contributed by atoms with E-state index in [2.05, 4.69) is 58.1 Å². The van der Waals surface area contributed by atoms with E-state index in [9.17, 15) is 0 Å². The summed E-state index contributed by atoms with van der Waals surface area (Å²) < 4.78 is 0. The highest BCUT2D eigenvalue weighted by atomic mass is 32.1. The molecule has 1 atom stereocenters. The first-order valence-corrected chi connectivity index (χ1v) is 9.74. The van der Waals surface area contributed by atoms with Crippen molar-refractivity contribution < 1.29 is 0 Å². The van der Waals surface area contributed by atoms with E-state index in [1.165, 1.54) is 38.0 Å². The van der Waals surface area contributed by atoms with Crippen molar-refractivity contribution in [3.8, 4) is 0 Å². The van der Waals surface area contributed by atoms with Crippen LogP contribution in [0.2, 0.25) is 0 Å². The minimum absolute atomic E-state index is 0.507. The summed E-state index contributed by atoms with van der Waals surface area (Å²) in [7, 11) is 1.86. The van der Waals surface area contributed by atoms with Gasteiger partial charge in [0.2, 0.25) is 0 Å². The van der Waals surface area contributed by atoms with Gasteiger partial charge in [-0.05, 0) is 47.1 Å². The standard InChI is InChI=1S/C18H32N4S/c1-14(2)12-22-8-5-17(6-9-22)21-18(19-4)20-11-15(3)16-7-10-23-13-16/h7,10,13-15,17H,5-6,8-9,11-12H2,1-4H3,(H2,19,20,21). The quantitative estimate of drug-likeness (QED) is 0.619. The summed E-state index contributed by atoms with van der Waals surface area (Å²) in [5, 5.41) is 11.4. The molecule has 1 aliphatic rings. The molecule has 4 nitrogen and oxygen atoms in total. The summed E-state index contributed by atoms with van der Waals surface area (Å²) in [6, 6.07) is 2.75. The van der Waals surface area contributed by atoms with E-state index >= 15 is 0 Å². The molecule has 2 rings (SSSR count). The second kappa shape index (κ2) is 9.28. The number of hydrogen-bond acceptors (Lipinski definition) is 3. The summed E-state index contributed by atoms with van der Waals surface area (Å²) >= 11 is 1.76. The van der Waals surface area contributed by atoms with Gasteiger partial charge in [-0.1, -0.05) is 20.8 Å². The summed E-state index contributed by atoms with van der Waals surface area (Å²) in [5.74, 6) is 2.20. The van der Waals surface area contributed by atoms with Gasteiger partial charge in [-0.15, -0.1) is 0 Å². The Morgan fingerprint density at radius 3 is 2.65 bits per heavy atom. The fraction of sp³-hybridized carbons (Fsp3) is 0.722. The molecular formula is C18H32N4S. The van der Waals surface area contributed by atoms with E-state index in [0.717, 1.165) is 18.4 Å². The predicted octanol–water partition coefficient (Wildman–Crippen LogP) is 3.14. The number of aliphatic imine (C=N–C) groups is 1. The van der Waals surface area contributed by atoms with Crippen LogP contribution in [-0.4, -0.2) is 50.1 Å². The fourth-order valence-electron chi connectivity index (χ4n) is 3.09. The van der Waals surface area contributed by atoms with Crippen molar-refractivity contribution in [2.75, 3.05) is 33.2 Å². The Morgan fingerprint density at radius 1 is 1.35 bits per heavy atom. The topological polar surface area (TPSA) is 39.7 Å². The number of nitrogens with zero attached hydrogens (tertiary/aromatic N) is 2. The normalized spacial score (nSPS) is 19.1. The van der Waals surface area contributed by atoms with Gasteiger partial charge in [-0.2, -0.15) is 11.3 Å². The third-order valence-corrected chi connectivity index (χ3v) is 5.16. The van der Waals surface area contributed by atoms with Gasteiger partial charge in [0.15, 0.2) is 5.96 Å². The van der Waals surface area contributed by atoms with E-state index in [4.69, 9.17) is 0 Å². The maximum Gasteiger partial charge on any atom is 0.191 e. The predicted molar refractivity (Wildman–Crippen MR) is 102 cm³/mol. The van der Waals surface area contributed by atoms with Crippen LogP contribution in [0.4, 0.5) is 0 Å². The van der Waals surface area contributed by atoms with Crippen LogP contribution in [0.3, 0.4) is 0 Å². The van der Waals surface area contributed by atoms with Crippen LogP contribution in [0.25, 0.3) is 0 Å². The molecule has 1 unspecified atom stereocenters. The first kappa shape index (κ1) is 18.3. The van der Waals surface area contributed by atoms with Crippen LogP contribution in [-0.2, 0) is 0 Å². The average molecular weight is 337 g/mol. The summed E-state index contributed by atoms with van der Waals surface area (Å²) in [6.45, 7) is 11.4. The van der Waals surface area contributed by atoms with Crippen molar-refractivity contribution in [2.45, 2.75) is 45.6 Å². The lowest BCUT2D eigenvalue weighted by Crippen LogP contribution is -2.49. The highest BCUT2D eigenvalue weighted by Gasteiger charge is 2.20. The summed E-state index contributed by atoms with van der Waals surface area (Å²) in [5.41, 5.74) is 1.40. The Hall–Kier alpha value is -1.07. The highest BCUT2D eigenvalue weighted by Crippen LogP contribution is 2.17. The molecule has 1 fully saturated rings. The number of hydrogen-bond donors (Lipinski definition) is 2. The molecule has 1 aromatic heterocycles. The second-order valence-electron chi connectivity index (χ2n) is 7.02. The van der Waals surface area contributed by atoms with Gasteiger partial charge in [0, 0.05) is 39.3 Å². The molecule has 1 aliphatic heterocycles. The van der Waals surface area contributed by atoms with Crippen molar-refractivity contribution in [1.82, 2.24) is 15.5 Å². The molecule has 1 aromatic rings. The Bertz CT molecular complexity index is 461. The first-order valence-electron chi connectivity index (χ1n) is 8.80. The maximum atomic E-state index is 4.39. The zero-order chi connectivity index (χ0) is 16.7. The highest BCUT2D eigenvalue weighted by molar-refractivity contribution is 7.07. The van der Waals surface area contributed by atoms with Crippen molar-refractivity contribution in [1.29, 1.82) is 0 Å². The molecule has 0 spiro atoms. The smallest absolute Gasteiger partial charge is 0.191 e. The van der Waals surface area contributed by atoms with Crippen LogP contribution in [0.1, 0.15) is 45.1 Å². The second-order valence-corrected chi connectivity index (χ2v) is 7.80. The van der Waals surface area contributed by atoms with Crippen LogP contribution in [0.5, 0.6) is 0 Å². The number of thiophene rings is 1. The molecule has 0 amide bonds. The molecule has 130 valence electrons. The molecule has 23 heavy (non-hydrogen) atoms. The third kappa shape index (κ3) is 6.15. The van der Waals surface area contributed by atoms with Gasteiger partial charge in [0.1, 0.15) is 0 Å². The Kier molecular flexibility index (Phi) is 7.37. The SMILES string of the molecule is CN=C(NCC(C)c1ccsc1)NC1CCN(CC(C)C)CC1. The Labute approximate surface area is 145 Å². The largest absolute Gasteiger partial charge is 0.356 e. The zero-order valence-electron chi connectivity index (χ0n) is 15.0. The molecule has 0 saturated carbocycles. The van der Waals surface area contributed by atoms with Crippen molar-refractivity contribution in [2.24, 2.45) is 10.9 Å². The van der Waals surface area contributed by atoms with Gasteiger partial charge < -0.3 is 15.5 Å². The molecule has 2 heterocycles. The monoisotopic (exact) mass is 336 g/mol. The average Bonchev–Trinajstić information content (AvgIpc) is 3.06. The first-order chi connectivity index (χ1) is 11.1. The number of likely N-dealkylation sites (tertiary alicyclic amines) is 1. The number of piperidine rings is 1. The Balaban J connectivity index is 1.71. The molecule has 5 heteroatoms. The molecule has 0 radical (unpaired) electrons. The lowest BCUT2D eigenvalue weighted by atomic mass is 10.0. The van der Waals surface area contributed by atoms with E-state index in [0.29, 0.717) is 12.0 Å². The van der Waals surface area contributed by atoms with Crippen LogP contribution in [0.15, 0.2) is 21.8 Å². The van der Waals surface area contributed by atoms with E-state index in [1.807, 2.05) is 7.05 Å². The van der Waals surface area contributed by atoms with Gasteiger partial charge in [-0.25, -0.2) is 0 Å². The van der Waals surface area contributed by atoms with E-state index in [1.54, 1.807) is 11.3 Å². The van der Waals surface area contributed by atoms with Crippen LogP contribution >= 0.6 is 11.3 Å². The maximum absolute atomic E-state index is 4.39. The molecule has 0 aromatic carbocycles. The van der Waals surface area contributed by atoms with Crippen molar-refractivity contribution in [3.63, 3.8) is 0 Å².